The predicted octanol–water partition coefficient (Wildman–Crippen LogP) is 5.25. The number of amides is 3. The van der Waals surface area contributed by atoms with Gasteiger partial charge in [0.2, 0.25) is 6.41 Å². The second-order valence-electron chi connectivity index (χ2n) is 11.8. The number of nitrogens with one attached hydrogen (secondary N) is 1. The zero-order chi connectivity index (χ0) is 31.3. The third kappa shape index (κ3) is 7.32. The van der Waals surface area contributed by atoms with Crippen LogP contribution in [0.5, 0.6) is 0 Å². The van der Waals surface area contributed by atoms with Gasteiger partial charge in [0, 0.05) is 24.1 Å². The van der Waals surface area contributed by atoms with Gasteiger partial charge in [-0.2, -0.15) is 0 Å². The summed E-state index contributed by atoms with van der Waals surface area (Å²) in [5, 5.41) is 4.11. The minimum Gasteiger partial charge on any atom is -0.448 e. The summed E-state index contributed by atoms with van der Waals surface area (Å²) >= 11 is 3.03. The van der Waals surface area contributed by atoms with Crippen molar-refractivity contribution in [3.63, 3.8) is 0 Å². The highest BCUT2D eigenvalue weighted by atomic mass is 32.2. The van der Waals surface area contributed by atoms with Crippen molar-refractivity contribution in [2.24, 2.45) is 0 Å². The van der Waals surface area contributed by atoms with Gasteiger partial charge in [0.05, 0.1) is 0 Å². The maximum absolute atomic E-state index is 14.1. The Hall–Kier alpha value is -3.70. The van der Waals surface area contributed by atoms with Crippen molar-refractivity contribution in [3.05, 3.63) is 94.5 Å². The fraction of sp³-hybridized carbons (Fsp3) is 0.394. The first-order valence-electron chi connectivity index (χ1n) is 14.6. The molecular formula is C33H37N3O6S2. The standard InChI is InChI=1S/C33H37N3O6S2/c1-33(2,3)42-32(40)34-26-29(38)36-27(24(19-44-30(26)36)16-18-43-20-25-15-10-17-35(25)21-37)31(39)41-28(22-11-6-4-7-12-22)23-13-8-5-9-14-23/h4-9,11-14,16,18,21,25-26,28,30H,10,15,17,19-20H2,1-3H3,(H,34,40)/t25-,26+,30+/m0/s1. The van der Waals surface area contributed by atoms with Crippen LogP contribution in [0.2, 0.25) is 0 Å². The molecule has 5 rings (SSSR count). The minimum atomic E-state index is -0.826. The number of benzene rings is 2. The van der Waals surface area contributed by atoms with Crippen LogP contribution in [0.3, 0.4) is 0 Å². The van der Waals surface area contributed by atoms with Crippen molar-refractivity contribution in [3.8, 4) is 0 Å². The molecule has 2 aromatic carbocycles. The van der Waals surface area contributed by atoms with E-state index in [4.69, 9.17) is 9.47 Å². The van der Waals surface area contributed by atoms with E-state index in [0.29, 0.717) is 11.3 Å². The van der Waals surface area contributed by atoms with Crippen molar-refractivity contribution in [1.82, 2.24) is 15.1 Å². The van der Waals surface area contributed by atoms with Gasteiger partial charge in [-0.1, -0.05) is 60.7 Å². The molecule has 0 radical (unpaired) electrons. The van der Waals surface area contributed by atoms with Gasteiger partial charge >= 0.3 is 12.1 Å². The number of allylic oxidation sites excluding steroid dienone is 1. The van der Waals surface area contributed by atoms with E-state index in [0.717, 1.165) is 42.7 Å². The second kappa shape index (κ2) is 13.9. The number of likely N-dealkylation sites (tertiary alicyclic amines) is 1. The van der Waals surface area contributed by atoms with Gasteiger partial charge in [0.15, 0.2) is 6.10 Å². The number of hydrogen-bond acceptors (Lipinski definition) is 8. The average Bonchev–Trinajstić information content (AvgIpc) is 3.48. The van der Waals surface area contributed by atoms with Crippen LogP contribution in [0.4, 0.5) is 4.79 Å². The van der Waals surface area contributed by atoms with E-state index < -0.39 is 41.1 Å². The summed E-state index contributed by atoms with van der Waals surface area (Å²) in [6, 6.07) is 18.3. The molecule has 0 bridgehead atoms. The molecule has 3 heterocycles. The van der Waals surface area contributed by atoms with Gasteiger partial charge in [-0.3, -0.25) is 14.5 Å². The number of esters is 1. The zero-order valence-corrected chi connectivity index (χ0v) is 26.6. The molecule has 0 saturated carbocycles. The number of fused-ring (bicyclic) bond motifs is 1. The quantitative estimate of drug-likeness (QED) is 0.215. The molecule has 0 spiro atoms. The summed E-state index contributed by atoms with van der Waals surface area (Å²) in [5.74, 6) is 0.159. The normalized spacial score (nSPS) is 21.7. The lowest BCUT2D eigenvalue weighted by Crippen LogP contribution is -2.70. The summed E-state index contributed by atoms with van der Waals surface area (Å²) in [5.41, 5.74) is 1.72. The molecule has 3 atom stereocenters. The third-order valence-corrected chi connectivity index (χ3v) is 9.71. The lowest BCUT2D eigenvalue weighted by atomic mass is 10.0. The largest absolute Gasteiger partial charge is 0.448 e. The Morgan fingerprint density at radius 1 is 1.09 bits per heavy atom. The highest BCUT2D eigenvalue weighted by molar-refractivity contribution is 8.02. The Balaban J connectivity index is 1.40. The van der Waals surface area contributed by atoms with Crippen molar-refractivity contribution in [2.75, 3.05) is 18.1 Å². The van der Waals surface area contributed by atoms with E-state index in [9.17, 15) is 19.2 Å². The van der Waals surface area contributed by atoms with Crippen LogP contribution in [0.1, 0.15) is 50.8 Å². The first-order chi connectivity index (χ1) is 21.2. The van der Waals surface area contributed by atoms with E-state index in [1.54, 1.807) is 32.5 Å². The van der Waals surface area contributed by atoms with Crippen molar-refractivity contribution >= 4 is 47.9 Å². The summed E-state index contributed by atoms with van der Waals surface area (Å²) < 4.78 is 11.6. The number of carbonyl (C=O) groups is 4. The fourth-order valence-corrected chi connectivity index (χ4v) is 7.68. The molecule has 0 unspecified atom stereocenters. The number of nitrogens with zero attached hydrogens (tertiary/aromatic N) is 2. The van der Waals surface area contributed by atoms with Gasteiger partial charge in [0.25, 0.3) is 5.91 Å². The zero-order valence-electron chi connectivity index (χ0n) is 25.0. The Bertz CT molecular complexity index is 1390. The summed E-state index contributed by atoms with van der Waals surface area (Å²) in [4.78, 5) is 54.6. The van der Waals surface area contributed by atoms with E-state index in [1.165, 1.54) is 16.7 Å². The predicted molar refractivity (Wildman–Crippen MR) is 171 cm³/mol. The van der Waals surface area contributed by atoms with Crippen LogP contribution >= 0.6 is 23.5 Å². The van der Waals surface area contributed by atoms with Crippen LogP contribution in [0, 0.1) is 0 Å². The molecule has 2 fully saturated rings. The van der Waals surface area contributed by atoms with E-state index in [2.05, 4.69) is 5.32 Å². The highest BCUT2D eigenvalue weighted by Crippen LogP contribution is 2.42. The monoisotopic (exact) mass is 635 g/mol. The number of alkyl carbamates (subject to hydrolysis) is 1. The number of β-lactam (4-membered cyclic amide) rings is 1. The minimum absolute atomic E-state index is 0.171. The molecule has 3 amide bonds. The number of rotatable bonds is 10. The molecule has 2 aromatic rings. The maximum Gasteiger partial charge on any atom is 0.408 e. The first kappa shape index (κ1) is 31.7. The van der Waals surface area contributed by atoms with Gasteiger partial charge < -0.3 is 19.7 Å². The maximum atomic E-state index is 14.1. The fourth-order valence-electron chi connectivity index (χ4n) is 5.41. The molecule has 3 aliphatic heterocycles. The van der Waals surface area contributed by atoms with E-state index >= 15 is 0 Å². The lowest BCUT2D eigenvalue weighted by Gasteiger charge is -2.49. The Morgan fingerprint density at radius 2 is 1.75 bits per heavy atom. The average molecular weight is 636 g/mol. The molecule has 232 valence electrons. The molecule has 0 aromatic heterocycles. The SMILES string of the molecule is CC(C)(C)OC(=O)N[C@@H]1C(=O)N2C(C(=O)OC(c3ccccc3)c3ccccc3)=C(C=CSC[C@@H]3CCCN3C=O)CS[C@H]12. The highest BCUT2D eigenvalue weighted by Gasteiger charge is 2.54. The van der Waals surface area contributed by atoms with Crippen LogP contribution in [0.25, 0.3) is 0 Å². The van der Waals surface area contributed by atoms with Crippen LogP contribution in [0.15, 0.2) is 83.4 Å². The van der Waals surface area contributed by atoms with Crippen molar-refractivity contribution in [2.45, 2.75) is 62.8 Å². The molecule has 44 heavy (non-hydrogen) atoms. The van der Waals surface area contributed by atoms with Gasteiger partial charge in [0.1, 0.15) is 22.7 Å². The molecule has 3 aliphatic rings. The Morgan fingerprint density at radius 3 is 2.36 bits per heavy atom. The number of hydrogen-bond donors (Lipinski definition) is 1. The lowest BCUT2D eigenvalue weighted by molar-refractivity contribution is -0.153. The Kier molecular flexibility index (Phi) is 10.1. The molecule has 2 saturated heterocycles. The van der Waals surface area contributed by atoms with Crippen molar-refractivity contribution in [1.29, 1.82) is 0 Å². The molecular weight excluding hydrogens is 599 g/mol. The van der Waals surface area contributed by atoms with E-state index in [-0.39, 0.29) is 11.7 Å². The summed E-state index contributed by atoms with van der Waals surface area (Å²) in [6.07, 6.45) is 3.35. The van der Waals surface area contributed by atoms with Crippen LogP contribution < -0.4 is 5.32 Å². The third-order valence-electron chi connectivity index (χ3n) is 7.51. The molecule has 1 N–H and O–H groups in total. The smallest absolute Gasteiger partial charge is 0.408 e. The van der Waals surface area contributed by atoms with Crippen LogP contribution in [-0.4, -0.2) is 75.3 Å². The second-order valence-corrected chi connectivity index (χ2v) is 13.8. The number of ether oxygens (including phenoxy) is 2. The van der Waals surface area contributed by atoms with Crippen LogP contribution in [-0.2, 0) is 23.9 Å². The first-order valence-corrected chi connectivity index (χ1v) is 16.7. The summed E-state index contributed by atoms with van der Waals surface area (Å²) in [7, 11) is 0. The topological polar surface area (TPSA) is 105 Å². The molecule has 11 heteroatoms. The molecule has 9 nitrogen and oxygen atoms in total. The molecule has 0 aliphatic carbocycles. The van der Waals surface area contributed by atoms with Gasteiger partial charge in [-0.05, 0) is 61.8 Å². The Labute approximate surface area is 266 Å². The van der Waals surface area contributed by atoms with Gasteiger partial charge in [-0.15, -0.1) is 23.5 Å². The number of thioether (sulfide) groups is 2. The van der Waals surface area contributed by atoms with Gasteiger partial charge in [-0.25, -0.2) is 9.59 Å². The summed E-state index contributed by atoms with van der Waals surface area (Å²) in [6.45, 7) is 6.04. The van der Waals surface area contributed by atoms with E-state index in [1.807, 2.05) is 77.0 Å². The van der Waals surface area contributed by atoms with Crippen molar-refractivity contribution < 1.29 is 28.7 Å². The number of carbonyl (C=O) groups excluding carboxylic acids is 4.